The van der Waals surface area contributed by atoms with Gasteiger partial charge in [-0.1, -0.05) is 15.9 Å². The number of aromatic nitrogens is 1. The molecule has 0 saturated heterocycles. The van der Waals surface area contributed by atoms with Crippen LogP contribution in [0.1, 0.15) is 11.9 Å². The van der Waals surface area contributed by atoms with Crippen molar-refractivity contribution in [3.63, 3.8) is 0 Å². The summed E-state index contributed by atoms with van der Waals surface area (Å²) >= 11 is 4.86. The Morgan fingerprint density at radius 2 is 2.31 bits per heavy atom. The van der Waals surface area contributed by atoms with E-state index in [4.69, 9.17) is 0 Å². The molecular formula is C11H11BrN2OS. The molecule has 0 aliphatic heterocycles. The minimum absolute atomic E-state index is 0.0411. The number of halogens is 1. The van der Waals surface area contributed by atoms with E-state index in [1.165, 1.54) is 0 Å². The standard InChI is InChI=1S/C11H11BrN2OS/c1-6(12)11(15)14-8-3-4-9-10(5-8)16-7(2)13-9/h3-6H,1-2H3,(H,14,15). The van der Waals surface area contributed by atoms with Crippen molar-refractivity contribution < 1.29 is 4.79 Å². The highest BCUT2D eigenvalue weighted by Crippen LogP contribution is 2.24. The Bertz CT molecular complexity index is 536. The third kappa shape index (κ3) is 2.41. The molecule has 0 bridgehead atoms. The highest BCUT2D eigenvalue weighted by atomic mass is 79.9. The Labute approximate surface area is 106 Å². The number of thiazole rings is 1. The van der Waals surface area contributed by atoms with Crippen LogP contribution in [0.4, 0.5) is 5.69 Å². The van der Waals surface area contributed by atoms with Crippen molar-refractivity contribution in [1.82, 2.24) is 4.98 Å². The molecule has 1 atom stereocenters. The molecule has 1 N–H and O–H groups in total. The molecule has 0 spiro atoms. The van der Waals surface area contributed by atoms with Gasteiger partial charge >= 0.3 is 0 Å². The molecule has 1 heterocycles. The second kappa shape index (κ2) is 4.51. The van der Waals surface area contributed by atoms with Gasteiger partial charge in [0.2, 0.25) is 5.91 Å². The summed E-state index contributed by atoms with van der Waals surface area (Å²) in [4.78, 5) is 15.7. The lowest BCUT2D eigenvalue weighted by Gasteiger charge is -2.05. The lowest BCUT2D eigenvalue weighted by atomic mass is 10.3. The summed E-state index contributed by atoms with van der Waals surface area (Å²) in [5.41, 5.74) is 1.79. The van der Waals surface area contributed by atoms with Crippen LogP contribution >= 0.6 is 27.3 Å². The number of hydrogen-bond donors (Lipinski definition) is 1. The van der Waals surface area contributed by atoms with E-state index in [1.54, 1.807) is 18.3 Å². The third-order valence-corrected chi connectivity index (χ3v) is 3.47. The van der Waals surface area contributed by atoms with Gasteiger partial charge in [-0.25, -0.2) is 4.98 Å². The van der Waals surface area contributed by atoms with Crippen LogP contribution in [0, 0.1) is 6.92 Å². The van der Waals surface area contributed by atoms with E-state index >= 15 is 0 Å². The van der Waals surface area contributed by atoms with E-state index in [1.807, 2.05) is 25.1 Å². The minimum atomic E-state index is -0.189. The summed E-state index contributed by atoms with van der Waals surface area (Å²) in [7, 11) is 0. The summed E-state index contributed by atoms with van der Waals surface area (Å²) in [6.07, 6.45) is 0. The molecule has 0 radical (unpaired) electrons. The number of carbonyl (C=O) groups excluding carboxylic acids is 1. The highest BCUT2D eigenvalue weighted by Gasteiger charge is 2.09. The van der Waals surface area contributed by atoms with Gasteiger partial charge in [0.15, 0.2) is 0 Å². The minimum Gasteiger partial charge on any atom is -0.325 e. The molecule has 2 aromatic rings. The van der Waals surface area contributed by atoms with Crippen LogP contribution in [0.15, 0.2) is 18.2 Å². The maximum absolute atomic E-state index is 11.5. The number of nitrogens with one attached hydrogen (secondary N) is 1. The van der Waals surface area contributed by atoms with Gasteiger partial charge in [0.25, 0.3) is 0 Å². The zero-order chi connectivity index (χ0) is 11.7. The van der Waals surface area contributed by atoms with Crippen LogP contribution in [0.5, 0.6) is 0 Å². The quantitative estimate of drug-likeness (QED) is 0.864. The highest BCUT2D eigenvalue weighted by molar-refractivity contribution is 9.10. The average molecular weight is 299 g/mol. The largest absolute Gasteiger partial charge is 0.325 e. The smallest absolute Gasteiger partial charge is 0.237 e. The van der Waals surface area contributed by atoms with Crippen LogP contribution in [0.2, 0.25) is 0 Å². The Balaban J connectivity index is 2.29. The number of anilines is 1. The predicted molar refractivity (Wildman–Crippen MR) is 71.4 cm³/mol. The number of aryl methyl sites for hydroxylation is 1. The zero-order valence-electron chi connectivity index (χ0n) is 8.95. The van der Waals surface area contributed by atoms with Crippen molar-refractivity contribution in [2.24, 2.45) is 0 Å². The van der Waals surface area contributed by atoms with Gasteiger partial charge in [-0.05, 0) is 32.0 Å². The zero-order valence-corrected chi connectivity index (χ0v) is 11.4. The molecule has 1 aromatic heterocycles. The topological polar surface area (TPSA) is 42.0 Å². The lowest BCUT2D eigenvalue weighted by molar-refractivity contribution is -0.115. The molecular weight excluding hydrogens is 288 g/mol. The second-order valence-electron chi connectivity index (χ2n) is 3.52. The van der Waals surface area contributed by atoms with E-state index in [9.17, 15) is 4.79 Å². The number of fused-ring (bicyclic) bond motifs is 1. The normalized spacial score (nSPS) is 12.7. The van der Waals surface area contributed by atoms with E-state index < -0.39 is 0 Å². The van der Waals surface area contributed by atoms with Crippen molar-refractivity contribution in [2.75, 3.05) is 5.32 Å². The van der Waals surface area contributed by atoms with Crippen LogP contribution in [0.3, 0.4) is 0 Å². The van der Waals surface area contributed by atoms with Gasteiger partial charge in [0.1, 0.15) is 0 Å². The summed E-state index contributed by atoms with van der Waals surface area (Å²) in [5, 5.41) is 3.87. The number of amides is 1. The fourth-order valence-corrected chi connectivity index (χ4v) is 2.34. The van der Waals surface area contributed by atoms with Gasteiger partial charge in [-0.15, -0.1) is 11.3 Å². The first kappa shape index (κ1) is 11.5. The molecule has 1 unspecified atom stereocenters. The first-order chi connectivity index (χ1) is 7.56. The first-order valence-electron chi connectivity index (χ1n) is 4.88. The van der Waals surface area contributed by atoms with Gasteiger partial charge in [-0.2, -0.15) is 0 Å². The van der Waals surface area contributed by atoms with Gasteiger partial charge in [0.05, 0.1) is 20.1 Å². The van der Waals surface area contributed by atoms with Gasteiger partial charge in [-0.3, -0.25) is 4.79 Å². The van der Waals surface area contributed by atoms with Crippen molar-refractivity contribution >= 4 is 49.1 Å². The summed E-state index contributed by atoms with van der Waals surface area (Å²) < 4.78 is 1.09. The van der Waals surface area contributed by atoms with Crippen LogP contribution in [-0.4, -0.2) is 15.7 Å². The SMILES string of the molecule is Cc1nc2ccc(NC(=O)C(C)Br)cc2s1. The van der Waals surface area contributed by atoms with Gasteiger partial charge in [0, 0.05) is 5.69 Å². The summed E-state index contributed by atoms with van der Waals surface area (Å²) in [6, 6.07) is 5.75. The molecule has 3 nitrogen and oxygen atoms in total. The maximum atomic E-state index is 11.5. The molecule has 1 aromatic carbocycles. The molecule has 16 heavy (non-hydrogen) atoms. The van der Waals surface area contributed by atoms with Crippen LogP contribution in [0.25, 0.3) is 10.2 Å². The molecule has 0 aliphatic carbocycles. The van der Waals surface area contributed by atoms with Gasteiger partial charge < -0.3 is 5.32 Å². The van der Waals surface area contributed by atoms with Crippen molar-refractivity contribution in [3.05, 3.63) is 23.2 Å². The number of benzene rings is 1. The molecule has 1 amide bonds. The first-order valence-corrected chi connectivity index (χ1v) is 6.61. The maximum Gasteiger partial charge on any atom is 0.237 e. The fraction of sp³-hybridized carbons (Fsp3) is 0.273. The number of alkyl halides is 1. The third-order valence-electron chi connectivity index (χ3n) is 2.12. The van der Waals surface area contributed by atoms with Crippen LogP contribution in [-0.2, 0) is 4.79 Å². The van der Waals surface area contributed by atoms with E-state index in [0.717, 1.165) is 20.9 Å². The van der Waals surface area contributed by atoms with Crippen molar-refractivity contribution in [2.45, 2.75) is 18.7 Å². The Morgan fingerprint density at radius 1 is 1.56 bits per heavy atom. The van der Waals surface area contributed by atoms with Crippen molar-refractivity contribution in [1.29, 1.82) is 0 Å². The number of rotatable bonds is 2. The van der Waals surface area contributed by atoms with Crippen molar-refractivity contribution in [3.8, 4) is 0 Å². The number of nitrogens with zero attached hydrogens (tertiary/aromatic N) is 1. The second-order valence-corrected chi connectivity index (χ2v) is 6.13. The Morgan fingerprint density at radius 3 is 3.00 bits per heavy atom. The predicted octanol–water partition coefficient (Wildman–Crippen LogP) is 3.33. The van der Waals surface area contributed by atoms with E-state index in [2.05, 4.69) is 26.2 Å². The lowest BCUT2D eigenvalue weighted by Crippen LogP contribution is -2.19. The summed E-state index contributed by atoms with van der Waals surface area (Å²) in [6.45, 7) is 3.77. The molecule has 2 rings (SSSR count). The molecule has 0 saturated carbocycles. The monoisotopic (exact) mass is 298 g/mol. The fourth-order valence-electron chi connectivity index (χ4n) is 1.36. The van der Waals surface area contributed by atoms with E-state index in [0.29, 0.717) is 0 Å². The molecule has 0 aliphatic rings. The molecule has 0 fully saturated rings. The Hall–Kier alpha value is -0.940. The van der Waals surface area contributed by atoms with Crippen LogP contribution < -0.4 is 5.32 Å². The Kier molecular flexibility index (Phi) is 3.25. The number of carbonyl (C=O) groups is 1. The van der Waals surface area contributed by atoms with E-state index in [-0.39, 0.29) is 10.7 Å². The summed E-state index contributed by atoms with van der Waals surface area (Å²) in [5.74, 6) is -0.0411. The molecule has 84 valence electrons. The average Bonchev–Trinajstić information content (AvgIpc) is 2.57. The molecule has 5 heteroatoms. The number of hydrogen-bond acceptors (Lipinski definition) is 3.